The molecule has 0 unspecified atom stereocenters. The van der Waals surface area contributed by atoms with Gasteiger partial charge < -0.3 is 24.8 Å². The van der Waals surface area contributed by atoms with Crippen molar-refractivity contribution in [3.8, 4) is 0 Å². The molecule has 0 bridgehead atoms. The summed E-state index contributed by atoms with van der Waals surface area (Å²) in [4.78, 5) is 36.6. The molecule has 3 atom stereocenters. The first-order valence-corrected chi connectivity index (χ1v) is 13.2. The van der Waals surface area contributed by atoms with Crippen molar-refractivity contribution in [2.24, 2.45) is 0 Å². The lowest BCUT2D eigenvalue weighted by atomic mass is 10.0. The average molecular weight is 489 g/mol. The molecular weight excluding hydrogens is 440 g/mol. The maximum absolute atomic E-state index is 12.5. The zero-order valence-corrected chi connectivity index (χ0v) is 21.3. The van der Waals surface area contributed by atoms with Crippen molar-refractivity contribution in [2.75, 3.05) is 13.2 Å². The molecule has 0 amide bonds. The van der Waals surface area contributed by atoms with E-state index in [0.717, 1.165) is 44.9 Å². The highest BCUT2D eigenvalue weighted by Crippen LogP contribution is 2.13. The van der Waals surface area contributed by atoms with Gasteiger partial charge in [-0.2, -0.15) is 0 Å². The van der Waals surface area contributed by atoms with Crippen molar-refractivity contribution < 1.29 is 39.2 Å². The van der Waals surface area contributed by atoms with E-state index in [0.29, 0.717) is 12.8 Å². The summed E-state index contributed by atoms with van der Waals surface area (Å²) < 4.78 is 10.1. The highest BCUT2D eigenvalue weighted by atomic mass is 16.6. The monoisotopic (exact) mass is 488 g/mol. The number of esters is 2. The lowest BCUT2D eigenvalue weighted by molar-refractivity contribution is -0.171. The van der Waals surface area contributed by atoms with E-state index in [-0.39, 0.29) is 12.8 Å². The van der Waals surface area contributed by atoms with Gasteiger partial charge >= 0.3 is 11.9 Å². The van der Waals surface area contributed by atoms with Gasteiger partial charge in [0.1, 0.15) is 12.2 Å². The molecule has 0 heterocycles. The van der Waals surface area contributed by atoms with Crippen LogP contribution in [-0.4, -0.2) is 64.6 Å². The molecule has 0 aliphatic heterocycles. The summed E-state index contributed by atoms with van der Waals surface area (Å²) in [5.41, 5.74) is 0. The molecule has 0 aromatic carbocycles. The van der Waals surface area contributed by atoms with Crippen LogP contribution in [0.5, 0.6) is 0 Å². The number of ketones is 1. The second-order valence-electron chi connectivity index (χ2n) is 9.02. The number of hydrogen-bond donors (Lipinski definition) is 3. The van der Waals surface area contributed by atoms with Gasteiger partial charge in [0.2, 0.25) is 5.78 Å². The second kappa shape index (κ2) is 22.0. The third-order valence-corrected chi connectivity index (χ3v) is 5.81. The van der Waals surface area contributed by atoms with E-state index in [2.05, 4.69) is 13.8 Å². The molecule has 3 N–H and O–H groups in total. The van der Waals surface area contributed by atoms with Gasteiger partial charge in [0, 0.05) is 12.8 Å². The first-order valence-electron chi connectivity index (χ1n) is 13.2. The van der Waals surface area contributed by atoms with Crippen molar-refractivity contribution in [1.29, 1.82) is 0 Å². The van der Waals surface area contributed by atoms with Gasteiger partial charge in [-0.25, -0.2) is 0 Å². The van der Waals surface area contributed by atoms with Crippen LogP contribution in [0.3, 0.4) is 0 Å². The van der Waals surface area contributed by atoms with Crippen LogP contribution in [-0.2, 0) is 23.9 Å². The Hall–Kier alpha value is -1.51. The van der Waals surface area contributed by atoms with E-state index in [9.17, 15) is 24.6 Å². The summed E-state index contributed by atoms with van der Waals surface area (Å²) in [6.07, 6.45) is 9.54. The minimum absolute atomic E-state index is 0.0809. The van der Waals surface area contributed by atoms with Crippen LogP contribution in [0.2, 0.25) is 0 Å². The fourth-order valence-electron chi connectivity index (χ4n) is 3.60. The summed E-state index contributed by atoms with van der Waals surface area (Å²) in [5, 5.41) is 29.0. The van der Waals surface area contributed by atoms with Gasteiger partial charge in [0.15, 0.2) is 12.7 Å². The topological polar surface area (TPSA) is 130 Å². The smallest absolute Gasteiger partial charge is 0.306 e. The van der Waals surface area contributed by atoms with Crippen LogP contribution in [0.1, 0.15) is 117 Å². The van der Waals surface area contributed by atoms with Gasteiger partial charge in [-0.05, 0) is 12.8 Å². The van der Waals surface area contributed by atoms with Crippen molar-refractivity contribution in [1.82, 2.24) is 0 Å². The Morgan fingerprint density at radius 3 is 1.59 bits per heavy atom. The van der Waals surface area contributed by atoms with Gasteiger partial charge in [0.25, 0.3) is 0 Å². The molecule has 200 valence electrons. The number of unbranched alkanes of at least 4 members (excludes halogenated alkanes) is 12. The van der Waals surface area contributed by atoms with Crippen LogP contribution in [0.15, 0.2) is 0 Å². The quantitative estimate of drug-likeness (QED) is 0.145. The van der Waals surface area contributed by atoms with Gasteiger partial charge in [-0.15, -0.1) is 0 Å². The Labute approximate surface area is 205 Å². The lowest BCUT2D eigenvalue weighted by Gasteiger charge is -2.24. The fraction of sp³-hybridized carbons (Fsp3) is 0.885. The minimum atomic E-state index is -1.81. The number of aliphatic hydroxyl groups excluding tert-OH is 3. The molecule has 0 fully saturated rings. The zero-order valence-electron chi connectivity index (χ0n) is 21.3. The fourth-order valence-corrected chi connectivity index (χ4v) is 3.60. The third kappa shape index (κ3) is 17.0. The average Bonchev–Trinajstić information content (AvgIpc) is 2.83. The van der Waals surface area contributed by atoms with E-state index in [1.54, 1.807) is 0 Å². The highest BCUT2D eigenvalue weighted by Gasteiger charge is 2.35. The maximum Gasteiger partial charge on any atom is 0.306 e. The van der Waals surface area contributed by atoms with Crippen LogP contribution < -0.4 is 0 Å². The molecule has 0 rings (SSSR count). The molecule has 34 heavy (non-hydrogen) atoms. The molecule has 8 heteroatoms. The van der Waals surface area contributed by atoms with Crippen LogP contribution >= 0.6 is 0 Å². The zero-order chi connectivity index (χ0) is 25.6. The van der Waals surface area contributed by atoms with E-state index >= 15 is 0 Å². The Morgan fingerprint density at radius 1 is 0.676 bits per heavy atom. The summed E-state index contributed by atoms with van der Waals surface area (Å²) >= 11 is 0. The van der Waals surface area contributed by atoms with Gasteiger partial charge in [0.05, 0.1) is 6.61 Å². The number of rotatable bonds is 23. The first-order chi connectivity index (χ1) is 16.4. The molecule has 0 saturated heterocycles. The van der Waals surface area contributed by atoms with Crippen LogP contribution in [0.4, 0.5) is 0 Å². The van der Waals surface area contributed by atoms with E-state index in [1.165, 1.54) is 32.1 Å². The van der Waals surface area contributed by atoms with E-state index in [4.69, 9.17) is 14.6 Å². The number of carbonyl (C=O) groups is 3. The normalized spacial score (nSPS) is 13.8. The van der Waals surface area contributed by atoms with Crippen LogP contribution in [0.25, 0.3) is 0 Å². The SMILES string of the molecule is CCCCCCCCCC(=O)OCC(=O)[C@@H](OC(=O)CCCCCCCCC)[C@H](O)[C@H](O)CO. The summed E-state index contributed by atoms with van der Waals surface area (Å²) in [5.74, 6) is -2.04. The van der Waals surface area contributed by atoms with Crippen molar-refractivity contribution in [2.45, 2.75) is 135 Å². The predicted octanol–water partition coefficient (Wildman–Crippen LogP) is 4.01. The van der Waals surface area contributed by atoms with Crippen LogP contribution in [0, 0.1) is 0 Å². The van der Waals surface area contributed by atoms with Gasteiger partial charge in [-0.1, -0.05) is 90.9 Å². The molecule has 0 saturated carbocycles. The van der Waals surface area contributed by atoms with E-state index in [1.807, 2.05) is 0 Å². The largest absolute Gasteiger partial charge is 0.457 e. The molecule has 0 aliphatic rings. The third-order valence-electron chi connectivity index (χ3n) is 5.81. The maximum atomic E-state index is 12.5. The highest BCUT2D eigenvalue weighted by molar-refractivity contribution is 5.88. The number of ether oxygens (including phenoxy) is 2. The summed E-state index contributed by atoms with van der Waals surface area (Å²) in [6.45, 7) is 2.83. The first kappa shape index (κ1) is 32.5. The molecular formula is C26H48O8. The van der Waals surface area contributed by atoms with E-state index < -0.39 is 49.2 Å². The predicted molar refractivity (Wildman–Crippen MR) is 130 cm³/mol. The van der Waals surface area contributed by atoms with Crippen molar-refractivity contribution in [3.05, 3.63) is 0 Å². The number of hydrogen-bond acceptors (Lipinski definition) is 8. The Kier molecular flexibility index (Phi) is 21.0. The molecule has 8 nitrogen and oxygen atoms in total. The Bertz CT molecular complexity index is 537. The number of aliphatic hydroxyl groups is 3. The number of Topliss-reactive ketones (excluding diaryl/α,β-unsaturated/α-hetero) is 1. The summed E-state index contributed by atoms with van der Waals surface area (Å²) in [6, 6.07) is 0. The number of carbonyl (C=O) groups excluding carboxylic acids is 3. The second-order valence-corrected chi connectivity index (χ2v) is 9.02. The molecule has 0 aromatic rings. The summed E-state index contributed by atoms with van der Waals surface area (Å²) in [7, 11) is 0. The Morgan fingerprint density at radius 2 is 1.12 bits per heavy atom. The minimum Gasteiger partial charge on any atom is -0.457 e. The van der Waals surface area contributed by atoms with Gasteiger partial charge in [-0.3, -0.25) is 14.4 Å². The lowest BCUT2D eigenvalue weighted by Crippen LogP contribution is -2.47. The molecule has 0 aromatic heterocycles. The molecule has 0 radical (unpaired) electrons. The standard InChI is InChI=1S/C26H48O8/c1-3-5-7-9-11-13-15-17-23(30)33-20-22(29)26(25(32)21(28)19-27)34-24(31)18-16-14-12-10-8-6-4-2/h21,25-28,32H,3-20H2,1-2H3/t21-,25-,26-/m1/s1. The van der Waals surface area contributed by atoms with Crippen molar-refractivity contribution >= 4 is 17.7 Å². The van der Waals surface area contributed by atoms with Crippen molar-refractivity contribution in [3.63, 3.8) is 0 Å². The molecule has 0 aliphatic carbocycles. The Balaban J connectivity index is 4.42. The molecule has 0 spiro atoms.